The number of ether oxygens (including phenoxy) is 1. The van der Waals surface area contributed by atoms with Crippen molar-refractivity contribution in [3.05, 3.63) is 41.0 Å². The summed E-state index contributed by atoms with van der Waals surface area (Å²) in [6, 6.07) is 7.95. The summed E-state index contributed by atoms with van der Waals surface area (Å²) in [7, 11) is 0. The summed E-state index contributed by atoms with van der Waals surface area (Å²) in [6.07, 6.45) is 3.77. The van der Waals surface area contributed by atoms with E-state index in [1.54, 1.807) is 17.7 Å². The number of anilines is 2. The predicted molar refractivity (Wildman–Crippen MR) is 97.0 cm³/mol. The summed E-state index contributed by atoms with van der Waals surface area (Å²) in [5, 5.41) is 4.58. The Morgan fingerprint density at radius 2 is 2.00 bits per heavy atom. The lowest BCUT2D eigenvalue weighted by Crippen LogP contribution is -2.00. The van der Waals surface area contributed by atoms with Crippen molar-refractivity contribution in [2.75, 3.05) is 11.9 Å². The molecule has 0 aliphatic carbocycles. The van der Waals surface area contributed by atoms with Crippen LogP contribution in [0, 0.1) is 6.92 Å². The number of aromatic nitrogens is 2. The van der Waals surface area contributed by atoms with Crippen LogP contribution in [0.25, 0.3) is 10.2 Å². The number of benzene rings is 1. The molecular weight excluding hydrogens is 306 g/mol. The molecular formula is C18H21N3OS. The summed E-state index contributed by atoms with van der Waals surface area (Å²) < 4.78 is 5.70. The lowest BCUT2D eigenvalue weighted by atomic mass is 10.1. The van der Waals surface area contributed by atoms with Crippen LogP contribution in [-0.4, -0.2) is 16.6 Å². The fraction of sp³-hybridized carbons (Fsp3) is 0.333. The van der Waals surface area contributed by atoms with Crippen molar-refractivity contribution < 1.29 is 4.74 Å². The topological polar surface area (TPSA) is 47.0 Å². The van der Waals surface area contributed by atoms with Gasteiger partial charge in [0, 0.05) is 4.88 Å². The van der Waals surface area contributed by atoms with E-state index >= 15 is 0 Å². The van der Waals surface area contributed by atoms with Crippen molar-refractivity contribution in [3.63, 3.8) is 0 Å². The van der Waals surface area contributed by atoms with Crippen molar-refractivity contribution in [2.24, 2.45) is 0 Å². The smallest absolute Gasteiger partial charge is 0.142 e. The highest BCUT2D eigenvalue weighted by atomic mass is 32.1. The number of rotatable bonds is 6. The van der Waals surface area contributed by atoms with Gasteiger partial charge in [-0.3, -0.25) is 0 Å². The molecule has 2 aromatic heterocycles. The Labute approximate surface area is 140 Å². The Hall–Kier alpha value is -2.14. The van der Waals surface area contributed by atoms with Gasteiger partial charge in [-0.15, -0.1) is 11.3 Å². The summed E-state index contributed by atoms with van der Waals surface area (Å²) in [6.45, 7) is 6.98. The average Bonchev–Trinajstić information content (AvgIpc) is 2.87. The number of fused-ring (bicyclic) bond motifs is 1. The summed E-state index contributed by atoms with van der Waals surface area (Å²) in [4.78, 5) is 11.3. The first-order chi connectivity index (χ1) is 11.2. The van der Waals surface area contributed by atoms with Gasteiger partial charge >= 0.3 is 0 Å². The van der Waals surface area contributed by atoms with E-state index in [-0.39, 0.29) is 0 Å². The number of para-hydroxylation sites is 2. The van der Waals surface area contributed by atoms with Crippen LogP contribution in [0.1, 0.15) is 30.7 Å². The first-order valence-corrected chi connectivity index (χ1v) is 8.78. The minimum atomic E-state index is 0.635. The Balaban J connectivity index is 2.07. The molecule has 0 radical (unpaired) electrons. The Kier molecular flexibility index (Phi) is 4.76. The maximum absolute atomic E-state index is 5.70. The Bertz CT molecular complexity index is 813. The number of hydrogen-bond donors (Lipinski definition) is 1. The molecule has 0 amide bonds. The third-order valence-corrected chi connectivity index (χ3v) is 4.78. The molecule has 1 aromatic carbocycles. The number of nitrogens with one attached hydrogen (secondary N) is 1. The van der Waals surface area contributed by atoms with E-state index in [9.17, 15) is 0 Å². The zero-order valence-corrected chi connectivity index (χ0v) is 14.5. The zero-order chi connectivity index (χ0) is 16.2. The van der Waals surface area contributed by atoms with Gasteiger partial charge in [0.15, 0.2) is 0 Å². The van der Waals surface area contributed by atoms with Crippen molar-refractivity contribution in [3.8, 4) is 5.75 Å². The van der Waals surface area contributed by atoms with E-state index in [0.717, 1.165) is 40.3 Å². The maximum Gasteiger partial charge on any atom is 0.142 e. The lowest BCUT2D eigenvalue weighted by molar-refractivity contribution is 0.342. The molecule has 0 unspecified atom stereocenters. The highest BCUT2D eigenvalue weighted by Gasteiger charge is 2.15. The second kappa shape index (κ2) is 6.96. The fourth-order valence-corrected chi connectivity index (χ4v) is 3.77. The molecule has 0 saturated heterocycles. The Morgan fingerprint density at radius 1 is 1.17 bits per heavy atom. The molecule has 0 spiro atoms. The lowest BCUT2D eigenvalue weighted by Gasteiger charge is -2.12. The first-order valence-electron chi connectivity index (χ1n) is 7.96. The van der Waals surface area contributed by atoms with Gasteiger partial charge in [-0.05, 0) is 38.0 Å². The van der Waals surface area contributed by atoms with Gasteiger partial charge in [-0.25, -0.2) is 9.97 Å². The number of thiophene rings is 1. The molecule has 2 heterocycles. The van der Waals surface area contributed by atoms with E-state index in [0.29, 0.717) is 6.61 Å². The van der Waals surface area contributed by atoms with Crippen molar-refractivity contribution in [2.45, 2.75) is 33.6 Å². The van der Waals surface area contributed by atoms with Crippen molar-refractivity contribution in [1.82, 2.24) is 9.97 Å². The normalized spacial score (nSPS) is 10.9. The first kappa shape index (κ1) is 15.7. The molecule has 0 aliphatic heterocycles. The minimum Gasteiger partial charge on any atom is -0.492 e. The highest BCUT2D eigenvalue weighted by Crippen LogP contribution is 2.36. The van der Waals surface area contributed by atoms with Gasteiger partial charge in [-0.2, -0.15) is 0 Å². The van der Waals surface area contributed by atoms with Crippen LogP contribution in [0.3, 0.4) is 0 Å². The summed E-state index contributed by atoms with van der Waals surface area (Å²) in [5.41, 5.74) is 2.28. The second-order valence-electron chi connectivity index (χ2n) is 5.34. The maximum atomic E-state index is 5.70. The quantitative estimate of drug-likeness (QED) is 0.684. The monoisotopic (exact) mass is 327 g/mol. The molecule has 23 heavy (non-hydrogen) atoms. The SMILES string of the molecule is CCCc1c(C)sc2ncnc(Nc3ccccc3OCC)c12. The van der Waals surface area contributed by atoms with Crippen LogP contribution >= 0.6 is 11.3 Å². The van der Waals surface area contributed by atoms with Gasteiger partial charge in [0.05, 0.1) is 17.7 Å². The van der Waals surface area contributed by atoms with Crippen LogP contribution in [0.15, 0.2) is 30.6 Å². The molecule has 0 fully saturated rings. The van der Waals surface area contributed by atoms with Crippen LogP contribution in [0.4, 0.5) is 11.5 Å². The Morgan fingerprint density at radius 3 is 2.78 bits per heavy atom. The van der Waals surface area contributed by atoms with Crippen LogP contribution in [-0.2, 0) is 6.42 Å². The molecule has 3 rings (SSSR count). The van der Waals surface area contributed by atoms with Crippen LogP contribution < -0.4 is 10.1 Å². The zero-order valence-electron chi connectivity index (χ0n) is 13.7. The molecule has 0 atom stereocenters. The largest absolute Gasteiger partial charge is 0.492 e. The predicted octanol–water partition coefficient (Wildman–Crippen LogP) is 5.09. The highest BCUT2D eigenvalue weighted by molar-refractivity contribution is 7.18. The molecule has 4 nitrogen and oxygen atoms in total. The fourth-order valence-electron chi connectivity index (χ4n) is 2.73. The van der Waals surface area contributed by atoms with Crippen LogP contribution in [0.2, 0.25) is 0 Å². The number of hydrogen-bond acceptors (Lipinski definition) is 5. The molecule has 3 aromatic rings. The second-order valence-corrected chi connectivity index (χ2v) is 6.55. The van der Waals surface area contributed by atoms with Crippen molar-refractivity contribution in [1.29, 1.82) is 0 Å². The van der Waals surface area contributed by atoms with E-state index in [2.05, 4.69) is 29.1 Å². The third-order valence-electron chi connectivity index (χ3n) is 3.73. The molecule has 0 saturated carbocycles. The molecule has 1 N–H and O–H groups in total. The molecule has 120 valence electrons. The molecule has 0 aliphatic rings. The van der Waals surface area contributed by atoms with Gasteiger partial charge in [-0.1, -0.05) is 25.5 Å². The van der Waals surface area contributed by atoms with E-state index in [4.69, 9.17) is 4.74 Å². The van der Waals surface area contributed by atoms with Gasteiger partial charge in [0.25, 0.3) is 0 Å². The van der Waals surface area contributed by atoms with E-state index in [1.807, 2.05) is 31.2 Å². The van der Waals surface area contributed by atoms with Crippen LogP contribution in [0.5, 0.6) is 5.75 Å². The molecule has 0 bridgehead atoms. The van der Waals surface area contributed by atoms with Gasteiger partial charge in [0.2, 0.25) is 0 Å². The number of nitrogens with zero attached hydrogens (tertiary/aromatic N) is 2. The molecule has 5 heteroatoms. The summed E-state index contributed by atoms with van der Waals surface area (Å²) >= 11 is 1.74. The summed E-state index contributed by atoms with van der Waals surface area (Å²) in [5.74, 6) is 1.70. The van der Waals surface area contributed by atoms with E-state index < -0.39 is 0 Å². The third kappa shape index (κ3) is 3.15. The van der Waals surface area contributed by atoms with Gasteiger partial charge < -0.3 is 10.1 Å². The average molecular weight is 327 g/mol. The van der Waals surface area contributed by atoms with Gasteiger partial charge in [0.1, 0.15) is 22.7 Å². The van der Waals surface area contributed by atoms with E-state index in [1.165, 1.54) is 10.4 Å². The van der Waals surface area contributed by atoms with Crippen molar-refractivity contribution >= 4 is 33.1 Å². The standard InChI is InChI=1S/C18H21N3OS/c1-4-8-13-12(3)23-18-16(13)17(19-11-20-18)21-14-9-6-7-10-15(14)22-5-2/h6-7,9-11H,4-5,8H2,1-3H3,(H,19,20,21). The number of aryl methyl sites for hydroxylation is 2. The minimum absolute atomic E-state index is 0.635.